The summed E-state index contributed by atoms with van der Waals surface area (Å²) in [5, 5.41) is 4.18. The monoisotopic (exact) mass is 319 g/mol. The van der Waals surface area contributed by atoms with E-state index in [9.17, 15) is 4.79 Å². The molecule has 0 saturated carbocycles. The second kappa shape index (κ2) is 7.42. The molecule has 114 valence electrons. The third-order valence-electron chi connectivity index (χ3n) is 2.71. The molecule has 0 aliphatic heterocycles. The van der Waals surface area contributed by atoms with Crippen LogP contribution in [0, 0.1) is 6.92 Å². The number of halogens is 1. The van der Waals surface area contributed by atoms with E-state index in [2.05, 4.69) is 15.0 Å². The molecule has 0 saturated heterocycles. The van der Waals surface area contributed by atoms with Gasteiger partial charge >= 0.3 is 5.97 Å². The van der Waals surface area contributed by atoms with Crippen molar-refractivity contribution in [2.75, 3.05) is 6.61 Å². The SMILES string of the molecule is Cc1cc(OCC(=O)ON=C(N)c2ccncc2)ccc1Cl. The molecular formula is C15H14ClN3O3. The normalized spacial score (nSPS) is 11.1. The Labute approximate surface area is 132 Å². The number of carbonyl (C=O) groups excluding carboxylic acids is 1. The molecule has 1 aromatic carbocycles. The summed E-state index contributed by atoms with van der Waals surface area (Å²) in [5.74, 6) is -0.0624. The van der Waals surface area contributed by atoms with Crippen molar-refractivity contribution in [3.05, 3.63) is 58.9 Å². The molecule has 1 aromatic heterocycles. The number of hydrogen-bond acceptors (Lipinski definition) is 5. The van der Waals surface area contributed by atoms with Crippen molar-refractivity contribution >= 4 is 23.4 Å². The summed E-state index contributed by atoms with van der Waals surface area (Å²) in [5.41, 5.74) is 7.14. The Hall–Kier alpha value is -2.60. The number of aromatic nitrogens is 1. The van der Waals surface area contributed by atoms with Crippen LogP contribution in [0.5, 0.6) is 5.75 Å². The van der Waals surface area contributed by atoms with Gasteiger partial charge in [-0.05, 0) is 42.8 Å². The van der Waals surface area contributed by atoms with Gasteiger partial charge in [-0.3, -0.25) is 4.98 Å². The maximum absolute atomic E-state index is 11.6. The van der Waals surface area contributed by atoms with Gasteiger partial charge in [0.25, 0.3) is 0 Å². The first-order valence-electron chi connectivity index (χ1n) is 6.39. The highest BCUT2D eigenvalue weighted by atomic mass is 35.5. The maximum atomic E-state index is 11.6. The number of benzene rings is 1. The summed E-state index contributed by atoms with van der Waals surface area (Å²) in [7, 11) is 0. The van der Waals surface area contributed by atoms with Gasteiger partial charge in [0.15, 0.2) is 12.4 Å². The maximum Gasteiger partial charge on any atom is 0.372 e. The minimum Gasteiger partial charge on any atom is -0.482 e. The van der Waals surface area contributed by atoms with E-state index in [0.717, 1.165) is 5.56 Å². The fourth-order valence-electron chi connectivity index (χ4n) is 1.55. The Morgan fingerprint density at radius 3 is 2.73 bits per heavy atom. The summed E-state index contributed by atoms with van der Waals surface area (Å²) in [6.07, 6.45) is 3.12. The van der Waals surface area contributed by atoms with Crippen LogP contribution in [0.25, 0.3) is 0 Å². The van der Waals surface area contributed by atoms with E-state index in [-0.39, 0.29) is 12.4 Å². The fourth-order valence-corrected chi connectivity index (χ4v) is 1.67. The summed E-state index contributed by atoms with van der Waals surface area (Å²) in [6, 6.07) is 8.39. The number of amidine groups is 1. The third-order valence-corrected chi connectivity index (χ3v) is 3.13. The number of hydrogen-bond donors (Lipinski definition) is 1. The van der Waals surface area contributed by atoms with E-state index in [4.69, 9.17) is 22.1 Å². The first kappa shape index (κ1) is 15.8. The number of aryl methyl sites for hydroxylation is 1. The predicted octanol–water partition coefficient (Wildman–Crippen LogP) is 2.29. The Balaban J connectivity index is 1.86. The minimum atomic E-state index is -0.662. The molecule has 0 spiro atoms. The second-order valence-electron chi connectivity index (χ2n) is 4.38. The van der Waals surface area contributed by atoms with Gasteiger partial charge in [-0.15, -0.1) is 0 Å². The molecule has 0 aliphatic carbocycles. The van der Waals surface area contributed by atoms with Crippen LogP contribution < -0.4 is 10.5 Å². The van der Waals surface area contributed by atoms with Gasteiger partial charge in [-0.1, -0.05) is 16.8 Å². The van der Waals surface area contributed by atoms with Crippen molar-refractivity contribution in [2.24, 2.45) is 10.9 Å². The Bertz CT molecular complexity index is 690. The van der Waals surface area contributed by atoms with Gasteiger partial charge in [0.1, 0.15) is 5.75 Å². The lowest BCUT2D eigenvalue weighted by Gasteiger charge is -2.06. The van der Waals surface area contributed by atoms with Gasteiger partial charge in [0, 0.05) is 23.0 Å². The molecule has 0 amide bonds. The largest absolute Gasteiger partial charge is 0.482 e. The number of nitrogens with two attached hydrogens (primary N) is 1. The van der Waals surface area contributed by atoms with E-state index in [1.165, 1.54) is 0 Å². The van der Waals surface area contributed by atoms with Gasteiger partial charge in [-0.2, -0.15) is 0 Å². The Morgan fingerprint density at radius 1 is 1.32 bits per heavy atom. The summed E-state index contributed by atoms with van der Waals surface area (Å²) < 4.78 is 5.29. The highest BCUT2D eigenvalue weighted by Gasteiger charge is 2.06. The zero-order valence-corrected chi connectivity index (χ0v) is 12.6. The molecule has 7 heteroatoms. The van der Waals surface area contributed by atoms with Crippen LogP contribution >= 0.6 is 11.6 Å². The molecule has 2 aromatic rings. The number of rotatable bonds is 5. The zero-order chi connectivity index (χ0) is 15.9. The van der Waals surface area contributed by atoms with Crippen molar-refractivity contribution < 1.29 is 14.4 Å². The van der Waals surface area contributed by atoms with Crippen LogP contribution in [0.3, 0.4) is 0 Å². The van der Waals surface area contributed by atoms with Crippen molar-refractivity contribution in [3.8, 4) is 5.75 Å². The molecule has 22 heavy (non-hydrogen) atoms. The second-order valence-corrected chi connectivity index (χ2v) is 4.78. The van der Waals surface area contributed by atoms with Crippen molar-refractivity contribution in [1.82, 2.24) is 4.98 Å². The third kappa shape index (κ3) is 4.46. The van der Waals surface area contributed by atoms with Crippen LogP contribution in [-0.2, 0) is 9.63 Å². The quantitative estimate of drug-likeness (QED) is 0.395. The summed E-state index contributed by atoms with van der Waals surface area (Å²) in [4.78, 5) is 20.1. The molecule has 2 rings (SSSR count). The predicted molar refractivity (Wildman–Crippen MR) is 82.7 cm³/mol. The molecule has 0 radical (unpaired) electrons. The number of ether oxygens (including phenoxy) is 1. The van der Waals surface area contributed by atoms with E-state index in [1.807, 2.05) is 6.92 Å². The molecule has 1 heterocycles. The van der Waals surface area contributed by atoms with Crippen LogP contribution in [0.15, 0.2) is 47.9 Å². The molecule has 6 nitrogen and oxygen atoms in total. The van der Waals surface area contributed by atoms with Gasteiger partial charge < -0.3 is 15.3 Å². The Morgan fingerprint density at radius 2 is 2.05 bits per heavy atom. The lowest BCUT2D eigenvalue weighted by molar-refractivity contribution is -0.146. The van der Waals surface area contributed by atoms with E-state index >= 15 is 0 Å². The minimum absolute atomic E-state index is 0.0816. The smallest absolute Gasteiger partial charge is 0.372 e. The van der Waals surface area contributed by atoms with Gasteiger partial charge in [0.05, 0.1) is 0 Å². The van der Waals surface area contributed by atoms with Crippen molar-refractivity contribution in [1.29, 1.82) is 0 Å². The van der Waals surface area contributed by atoms with Crippen molar-refractivity contribution in [3.63, 3.8) is 0 Å². The topological polar surface area (TPSA) is 86.8 Å². The molecule has 0 unspecified atom stereocenters. The molecule has 0 fully saturated rings. The van der Waals surface area contributed by atoms with E-state index in [1.54, 1.807) is 42.7 Å². The molecule has 0 atom stereocenters. The molecule has 2 N–H and O–H groups in total. The number of carbonyl (C=O) groups is 1. The zero-order valence-electron chi connectivity index (χ0n) is 11.8. The average molecular weight is 320 g/mol. The highest BCUT2D eigenvalue weighted by molar-refractivity contribution is 6.31. The van der Waals surface area contributed by atoms with Crippen LogP contribution in [0.2, 0.25) is 5.02 Å². The lowest BCUT2D eigenvalue weighted by atomic mass is 10.2. The first-order valence-corrected chi connectivity index (χ1v) is 6.76. The fraction of sp³-hybridized carbons (Fsp3) is 0.133. The standard InChI is InChI=1S/C15H14ClN3O3/c1-10-8-12(2-3-13(10)16)21-9-14(20)22-19-15(17)11-4-6-18-7-5-11/h2-8H,9H2,1H3,(H2,17,19). The summed E-state index contributed by atoms with van der Waals surface area (Å²) >= 11 is 5.90. The first-order chi connectivity index (χ1) is 10.6. The van der Waals surface area contributed by atoms with Gasteiger partial charge in [0.2, 0.25) is 0 Å². The van der Waals surface area contributed by atoms with Crippen LogP contribution in [0.4, 0.5) is 0 Å². The highest BCUT2D eigenvalue weighted by Crippen LogP contribution is 2.20. The summed E-state index contributed by atoms with van der Waals surface area (Å²) in [6.45, 7) is 1.56. The number of nitrogens with zero attached hydrogens (tertiary/aromatic N) is 2. The van der Waals surface area contributed by atoms with E-state index < -0.39 is 5.97 Å². The van der Waals surface area contributed by atoms with Crippen LogP contribution in [0.1, 0.15) is 11.1 Å². The number of pyridine rings is 1. The molecule has 0 bridgehead atoms. The Kier molecular flexibility index (Phi) is 5.32. The molecule has 0 aliphatic rings. The average Bonchev–Trinajstić information content (AvgIpc) is 2.54. The van der Waals surface area contributed by atoms with E-state index in [0.29, 0.717) is 16.3 Å². The number of oxime groups is 1. The van der Waals surface area contributed by atoms with Crippen LogP contribution in [-0.4, -0.2) is 23.4 Å². The molecular weight excluding hydrogens is 306 g/mol. The van der Waals surface area contributed by atoms with Crippen molar-refractivity contribution in [2.45, 2.75) is 6.92 Å². The lowest BCUT2D eigenvalue weighted by Crippen LogP contribution is -2.18. The van der Waals surface area contributed by atoms with Gasteiger partial charge in [-0.25, -0.2) is 4.79 Å².